The summed E-state index contributed by atoms with van der Waals surface area (Å²) in [6.45, 7) is 5.95. The van der Waals surface area contributed by atoms with Gasteiger partial charge in [-0.05, 0) is 50.4 Å². The van der Waals surface area contributed by atoms with Gasteiger partial charge in [-0.15, -0.1) is 6.58 Å². The fourth-order valence-corrected chi connectivity index (χ4v) is 5.55. The number of alkyl halides is 1. The van der Waals surface area contributed by atoms with Gasteiger partial charge in [-0.25, -0.2) is 4.79 Å². The van der Waals surface area contributed by atoms with Gasteiger partial charge < -0.3 is 19.7 Å². The zero-order chi connectivity index (χ0) is 21.4. The average Bonchev–Trinajstić information content (AvgIpc) is 3.24. The lowest BCUT2D eigenvalue weighted by molar-refractivity contribution is -0.134. The molecular weight excluding hydrogens is 483 g/mol. The second-order valence-corrected chi connectivity index (χ2v) is 10.2. The summed E-state index contributed by atoms with van der Waals surface area (Å²) in [5, 5.41) is 21.2. The number of carbonyl (C=O) groups excluding carboxylic acids is 1. The monoisotopic (exact) mass is 520 g/mol. The summed E-state index contributed by atoms with van der Waals surface area (Å²) in [4.78, 5) is 11.2. The zero-order valence-electron chi connectivity index (χ0n) is 17.8. The number of aliphatic hydroxyl groups excluding tert-OH is 1. The van der Waals surface area contributed by atoms with Crippen LogP contribution in [0, 0.1) is 11.8 Å². The van der Waals surface area contributed by atoms with Gasteiger partial charge in [0, 0.05) is 16.4 Å². The number of fused-ring (bicyclic) bond motifs is 1. The third-order valence-electron chi connectivity index (χ3n) is 6.56. The van der Waals surface area contributed by atoms with Crippen molar-refractivity contribution in [1.29, 1.82) is 0 Å². The first-order valence-corrected chi connectivity index (χ1v) is 12.2. The molecule has 1 saturated heterocycles. The summed E-state index contributed by atoms with van der Waals surface area (Å²) in [5.74, 6) is 0.281. The lowest BCUT2D eigenvalue weighted by Crippen LogP contribution is -2.27. The van der Waals surface area contributed by atoms with Crippen molar-refractivity contribution in [3.05, 3.63) is 24.8 Å². The molecule has 3 unspecified atom stereocenters. The Bertz CT molecular complexity index is 565. The van der Waals surface area contributed by atoms with Crippen LogP contribution in [0.25, 0.3) is 0 Å². The number of esters is 1. The van der Waals surface area contributed by atoms with Crippen molar-refractivity contribution >= 4 is 28.6 Å². The quantitative estimate of drug-likeness (QED) is 0.132. The summed E-state index contributed by atoms with van der Waals surface area (Å²) in [5.41, 5.74) is -0.785. The van der Waals surface area contributed by atoms with Gasteiger partial charge in [0.25, 0.3) is 0 Å². The number of hydrogen-bond donors (Lipinski definition) is 2. The normalized spacial score (nSPS) is 32.1. The predicted octanol–water partition coefficient (Wildman–Crippen LogP) is 4.34. The molecule has 2 N–H and O–H groups in total. The third-order valence-corrected chi connectivity index (χ3v) is 7.87. The SMILES string of the molecule is C=CC(O)(CCCC)CCC[C@@H]1[C@H]2CC(C(I)CC=CC(=O)OC)O[C@H]2C[C@H]1O. The van der Waals surface area contributed by atoms with E-state index < -0.39 is 5.60 Å². The molecule has 0 amide bonds. The number of unbranched alkanes of at least 4 members (excludes halogenated alkanes) is 1. The Morgan fingerprint density at radius 2 is 2.10 bits per heavy atom. The van der Waals surface area contributed by atoms with Gasteiger partial charge in [0.05, 0.1) is 31.0 Å². The Kier molecular flexibility index (Phi) is 10.1. The van der Waals surface area contributed by atoms with Gasteiger partial charge in [-0.1, -0.05) is 54.5 Å². The Balaban J connectivity index is 1.83. The zero-order valence-corrected chi connectivity index (χ0v) is 19.9. The van der Waals surface area contributed by atoms with E-state index in [2.05, 4.69) is 40.8 Å². The fourth-order valence-electron chi connectivity index (χ4n) is 4.79. The molecule has 0 radical (unpaired) electrons. The molecule has 6 heteroatoms. The van der Waals surface area contributed by atoms with Crippen molar-refractivity contribution in [3.63, 3.8) is 0 Å². The first kappa shape index (κ1) is 24.8. The van der Waals surface area contributed by atoms with Gasteiger partial charge in [0.2, 0.25) is 0 Å². The Hall–Kier alpha value is -0.440. The lowest BCUT2D eigenvalue weighted by Gasteiger charge is -2.27. The molecule has 0 aromatic carbocycles. The minimum atomic E-state index is -0.785. The second-order valence-electron chi connectivity index (χ2n) is 8.56. The summed E-state index contributed by atoms with van der Waals surface area (Å²) in [7, 11) is 1.38. The molecule has 2 fully saturated rings. The van der Waals surface area contributed by atoms with Crippen LogP contribution in [-0.4, -0.2) is 51.1 Å². The number of carbonyl (C=O) groups is 1. The van der Waals surface area contributed by atoms with Crippen molar-refractivity contribution in [2.75, 3.05) is 7.11 Å². The minimum Gasteiger partial charge on any atom is -0.466 e. The highest BCUT2D eigenvalue weighted by Crippen LogP contribution is 2.47. The van der Waals surface area contributed by atoms with E-state index in [1.807, 2.05) is 6.08 Å². The highest BCUT2D eigenvalue weighted by atomic mass is 127. The van der Waals surface area contributed by atoms with E-state index in [1.54, 1.807) is 6.08 Å². The molecule has 0 aromatic heterocycles. The van der Waals surface area contributed by atoms with E-state index in [1.165, 1.54) is 13.2 Å². The minimum absolute atomic E-state index is 0.125. The fraction of sp³-hybridized carbons (Fsp3) is 0.783. The van der Waals surface area contributed by atoms with E-state index in [9.17, 15) is 15.0 Å². The third kappa shape index (κ3) is 7.04. The van der Waals surface area contributed by atoms with Crippen LogP contribution in [0.3, 0.4) is 0 Å². The van der Waals surface area contributed by atoms with Crippen LogP contribution >= 0.6 is 22.6 Å². The van der Waals surface area contributed by atoms with E-state index in [0.717, 1.165) is 44.9 Å². The molecule has 0 bridgehead atoms. The molecular formula is C23H37IO5. The maximum atomic E-state index is 11.2. The van der Waals surface area contributed by atoms with Crippen LogP contribution in [0.2, 0.25) is 0 Å². The largest absolute Gasteiger partial charge is 0.466 e. The topological polar surface area (TPSA) is 76.0 Å². The van der Waals surface area contributed by atoms with Crippen molar-refractivity contribution < 1.29 is 24.5 Å². The molecule has 7 atom stereocenters. The van der Waals surface area contributed by atoms with E-state index in [4.69, 9.17) is 4.74 Å². The molecule has 5 nitrogen and oxygen atoms in total. The van der Waals surface area contributed by atoms with Crippen LogP contribution in [0.5, 0.6) is 0 Å². The van der Waals surface area contributed by atoms with Gasteiger partial charge in [0.15, 0.2) is 0 Å². The highest BCUT2D eigenvalue weighted by molar-refractivity contribution is 14.1. The van der Waals surface area contributed by atoms with Gasteiger partial charge in [-0.2, -0.15) is 0 Å². The van der Waals surface area contributed by atoms with Crippen molar-refractivity contribution in [1.82, 2.24) is 0 Å². The number of ether oxygens (including phenoxy) is 2. The molecule has 166 valence electrons. The number of hydrogen-bond acceptors (Lipinski definition) is 5. The molecule has 1 aliphatic heterocycles. The number of methoxy groups -OCH3 is 1. The van der Waals surface area contributed by atoms with Crippen LogP contribution < -0.4 is 0 Å². The Morgan fingerprint density at radius 1 is 1.38 bits per heavy atom. The van der Waals surface area contributed by atoms with E-state index in [-0.39, 0.29) is 34.1 Å². The molecule has 1 saturated carbocycles. The standard InChI is InChI=1S/C23H37IO5/c1-4-6-12-23(27,5-2)13-8-9-16-17-14-21(29-20(17)15-19(16)25)18(24)10-7-11-22(26)28-3/h5,7,11,16-21,25,27H,2,4,6,8-10,12-15H2,1,3H3/t16-,17-,18?,19-,20+,21?,23?/m1/s1. The van der Waals surface area contributed by atoms with Crippen LogP contribution in [0.1, 0.15) is 64.7 Å². The summed E-state index contributed by atoms with van der Waals surface area (Å²) < 4.78 is 11.2. The molecule has 0 aromatic rings. The van der Waals surface area contributed by atoms with E-state index >= 15 is 0 Å². The van der Waals surface area contributed by atoms with Crippen LogP contribution in [0.15, 0.2) is 24.8 Å². The molecule has 29 heavy (non-hydrogen) atoms. The van der Waals surface area contributed by atoms with Crippen molar-refractivity contribution in [3.8, 4) is 0 Å². The first-order valence-electron chi connectivity index (χ1n) is 10.9. The van der Waals surface area contributed by atoms with Crippen molar-refractivity contribution in [2.45, 2.75) is 92.5 Å². The number of halogens is 1. The molecule has 1 aliphatic carbocycles. The molecule has 1 heterocycles. The van der Waals surface area contributed by atoms with Gasteiger partial charge in [-0.3, -0.25) is 0 Å². The number of rotatable bonds is 12. The number of allylic oxidation sites excluding steroid dienone is 1. The molecule has 2 rings (SSSR count). The summed E-state index contributed by atoms with van der Waals surface area (Å²) in [6, 6.07) is 0. The first-order chi connectivity index (χ1) is 13.8. The number of aliphatic hydroxyl groups is 2. The average molecular weight is 520 g/mol. The maximum absolute atomic E-state index is 11.2. The predicted molar refractivity (Wildman–Crippen MR) is 123 cm³/mol. The Labute approximate surface area is 189 Å². The highest BCUT2D eigenvalue weighted by Gasteiger charge is 2.49. The van der Waals surface area contributed by atoms with Crippen LogP contribution in [0.4, 0.5) is 0 Å². The summed E-state index contributed by atoms with van der Waals surface area (Å²) >= 11 is 2.40. The van der Waals surface area contributed by atoms with Gasteiger partial charge >= 0.3 is 5.97 Å². The Morgan fingerprint density at radius 3 is 2.76 bits per heavy atom. The maximum Gasteiger partial charge on any atom is 0.330 e. The summed E-state index contributed by atoms with van der Waals surface area (Å²) in [6.07, 6.45) is 12.7. The molecule has 0 spiro atoms. The second kappa shape index (κ2) is 11.8. The van der Waals surface area contributed by atoms with Crippen LogP contribution in [-0.2, 0) is 14.3 Å². The van der Waals surface area contributed by atoms with Crippen molar-refractivity contribution in [2.24, 2.45) is 11.8 Å². The molecule has 2 aliphatic rings. The van der Waals surface area contributed by atoms with E-state index in [0.29, 0.717) is 18.8 Å². The van der Waals surface area contributed by atoms with Gasteiger partial charge in [0.1, 0.15) is 0 Å². The lowest BCUT2D eigenvalue weighted by atomic mass is 9.83. The smallest absolute Gasteiger partial charge is 0.330 e.